The Hall–Kier alpha value is -4.16. The van der Waals surface area contributed by atoms with E-state index in [9.17, 15) is 22.7 Å². The Bertz CT molecular complexity index is 1540. The van der Waals surface area contributed by atoms with E-state index in [4.69, 9.17) is 9.84 Å². The number of ether oxygens (including phenoxy) is 1. The lowest BCUT2D eigenvalue weighted by atomic mass is 9.99. The number of aromatic amines is 1. The van der Waals surface area contributed by atoms with Crippen molar-refractivity contribution in [1.82, 2.24) is 9.97 Å². The number of carboxylic acids is 1. The molecule has 12 heteroatoms. The average Bonchev–Trinajstić information content (AvgIpc) is 3.34. The fourth-order valence-corrected chi connectivity index (χ4v) is 4.69. The summed E-state index contributed by atoms with van der Waals surface area (Å²) in [7, 11) is 0. The summed E-state index contributed by atoms with van der Waals surface area (Å²) in [6, 6.07) is 10.5. The molecule has 0 saturated carbocycles. The molecule has 2 aromatic heterocycles. The number of pyridine rings is 1. The molecular formula is C27H24F2N3O6S-. The van der Waals surface area contributed by atoms with Crippen molar-refractivity contribution >= 4 is 39.7 Å². The van der Waals surface area contributed by atoms with Gasteiger partial charge in [-0.05, 0) is 48.7 Å². The summed E-state index contributed by atoms with van der Waals surface area (Å²) in [5.41, 5.74) is 0.367. The van der Waals surface area contributed by atoms with Gasteiger partial charge in [0.2, 0.25) is 5.78 Å². The zero-order valence-electron chi connectivity index (χ0n) is 20.8. The number of carbonyl (C=O) groups excluding carboxylic acids is 1. The summed E-state index contributed by atoms with van der Waals surface area (Å²) in [5, 5.41) is 9.03. The first-order valence-corrected chi connectivity index (χ1v) is 13.1. The van der Waals surface area contributed by atoms with Gasteiger partial charge < -0.3 is 19.4 Å². The molecule has 0 saturated heterocycles. The number of nitrogens with one attached hydrogen (secondary N) is 1. The largest absolute Gasteiger partial charge is 0.755 e. The molecule has 2 N–H and O–H groups in total. The Morgan fingerprint density at radius 1 is 1.15 bits per heavy atom. The molecule has 2 heterocycles. The van der Waals surface area contributed by atoms with Crippen LogP contribution in [-0.2, 0) is 16.1 Å². The number of hydrogen-bond donors (Lipinski definition) is 2. The molecule has 0 bridgehead atoms. The molecule has 0 radical (unpaired) electrons. The summed E-state index contributed by atoms with van der Waals surface area (Å²) in [5.74, 6) is -3.69. The van der Waals surface area contributed by atoms with Crippen LogP contribution < -0.4 is 9.04 Å². The molecule has 0 aliphatic carbocycles. The van der Waals surface area contributed by atoms with Crippen LogP contribution in [-0.4, -0.2) is 48.7 Å². The fraction of sp³-hybridized carbons (Fsp3) is 0.222. The first-order chi connectivity index (χ1) is 18.7. The summed E-state index contributed by atoms with van der Waals surface area (Å²) in [6.45, 7) is 1.91. The Morgan fingerprint density at radius 2 is 1.90 bits per heavy atom. The standard InChI is InChI=1S/C27H25F2N3O6S/c1-2-11-32(39(36)37)22-10-9-21(28)24(25(22)29)26(35)20-15-31-27-19(20)13-17(14-30-27)16-5-7-18(8-6-16)38-12-3-4-23(33)34/h5-10,13-15H,2-4,11-12H2,1H3,(H,30,31)(H,33,34)(H,36,37)/p-1. The topological polar surface area (TPSA) is 136 Å². The third-order valence-corrected chi connectivity index (χ3v) is 6.68. The average molecular weight is 557 g/mol. The highest BCUT2D eigenvalue weighted by Crippen LogP contribution is 2.31. The molecule has 204 valence electrons. The predicted octanol–water partition coefficient (Wildman–Crippen LogP) is 4.99. The second kappa shape index (κ2) is 12.1. The van der Waals surface area contributed by atoms with Crippen LogP contribution in [0.3, 0.4) is 0 Å². The molecule has 9 nitrogen and oxygen atoms in total. The van der Waals surface area contributed by atoms with Gasteiger partial charge in [0.05, 0.1) is 17.9 Å². The number of fused-ring (bicyclic) bond motifs is 1. The van der Waals surface area contributed by atoms with Crippen LogP contribution >= 0.6 is 0 Å². The van der Waals surface area contributed by atoms with Gasteiger partial charge in [0.1, 0.15) is 17.2 Å². The van der Waals surface area contributed by atoms with Gasteiger partial charge in [-0.25, -0.2) is 13.8 Å². The minimum Gasteiger partial charge on any atom is -0.755 e. The molecule has 1 atom stereocenters. The Labute approximate surface area is 224 Å². The molecular weight excluding hydrogens is 532 g/mol. The number of rotatable bonds is 12. The number of benzene rings is 2. The van der Waals surface area contributed by atoms with Gasteiger partial charge in [0.25, 0.3) is 0 Å². The van der Waals surface area contributed by atoms with Crippen LogP contribution in [0.1, 0.15) is 42.1 Å². The maximum Gasteiger partial charge on any atom is 0.303 e. The number of aromatic nitrogens is 2. The predicted molar refractivity (Wildman–Crippen MR) is 140 cm³/mol. The van der Waals surface area contributed by atoms with E-state index >= 15 is 4.39 Å². The van der Waals surface area contributed by atoms with Crippen LogP contribution in [0.15, 0.2) is 54.9 Å². The lowest BCUT2D eigenvalue weighted by molar-refractivity contribution is -0.137. The zero-order chi connectivity index (χ0) is 28.1. The number of anilines is 1. The minimum atomic E-state index is -2.82. The summed E-state index contributed by atoms with van der Waals surface area (Å²) in [4.78, 5) is 31.1. The van der Waals surface area contributed by atoms with Gasteiger partial charge >= 0.3 is 5.97 Å². The normalized spacial score (nSPS) is 11.9. The van der Waals surface area contributed by atoms with Crippen molar-refractivity contribution in [2.24, 2.45) is 0 Å². The highest BCUT2D eigenvalue weighted by atomic mass is 32.2. The highest BCUT2D eigenvalue weighted by Gasteiger charge is 2.26. The lowest BCUT2D eigenvalue weighted by Gasteiger charge is -2.26. The number of carbonyl (C=O) groups is 2. The number of halogens is 2. The third-order valence-electron chi connectivity index (χ3n) is 5.94. The quantitative estimate of drug-likeness (QED) is 0.142. The second-order valence-electron chi connectivity index (χ2n) is 8.60. The summed E-state index contributed by atoms with van der Waals surface area (Å²) >= 11 is -2.82. The first kappa shape index (κ1) is 27.9. The number of aliphatic carboxylic acids is 1. The summed E-state index contributed by atoms with van der Waals surface area (Å²) < 4.78 is 59.7. The fourth-order valence-electron chi connectivity index (χ4n) is 4.06. The minimum absolute atomic E-state index is 0.00865. The molecule has 0 fully saturated rings. The molecule has 0 amide bonds. The van der Waals surface area contributed by atoms with Crippen LogP contribution in [0.25, 0.3) is 22.2 Å². The summed E-state index contributed by atoms with van der Waals surface area (Å²) in [6.07, 6.45) is 3.64. The van der Waals surface area contributed by atoms with E-state index in [0.717, 1.165) is 22.0 Å². The van der Waals surface area contributed by atoms with Crippen molar-refractivity contribution in [3.8, 4) is 16.9 Å². The van der Waals surface area contributed by atoms with E-state index in [-0.39, 0.29) is 25.1 Å². The molecule has 2 aromatic carbocycles. The van der Waals surface area contributed by atoms with Crippen molar-refractivity contribution in [2.75, 3.05) is 17.5 Å². The molecule has 1 unspecified atom stereocenters. The van der Waals surface area contributed by atoms with Gasteiger partial charge in [-0.3, -0.25) is 18.1 Å². The van der Waals surface area contributed by atoms with Gasteiger partial charge in [-0.1, -0.05) is 19.1 Å². The third kappa shape index (κ3) is 6.13. The lowest BCUT2D eigenvalue weighted by Crippen LogP contribution is -2.28. The van der Waals surface area contributed by atoms with E-state index in [2.05, 4.69) is 9.97 Å². The van der Waals surface area contributed by atoms with Crippen LogP contribution in [0, 0.1) is 11.6 Å². The first-order valence-electron chi connectivity index (χ1n) is 12.0. The van der Waals surface area contributed by atoms with E-state index in [0.29, 0.717) is 35.2 Å². The van der Waals surface area contributed by atoms with E-state index in [1.54, 1.807) is 43.5 Å². The maximum atomic E-state index is 15.4. The number of H-pyrrole nitrogens is 1. The van der Waals surface area contributed by atoms with Crippen molar-refractivity contribution in [2.45, 2.75) is 26.2 Å². The SMILES string of the molecule is CCCN(c1ccc(F)c(C(=O)c2c[nH]c3ncc(-c4ccc(OCCCC(=O)O)cc4)cc23)c1F)S(=O)[O-]. The smallest absolute Gasteiger partial charge is 0.303 e. The van der Waals surface area contributed by atoms with E-state index in [1.807, 2.05) is 0 Å². The van der Waals surface area contributed by atoms with Gasteiger partial charge in [0, 0.05) is 53.1 Å². The molecule has 4 aromatic rings. The molecule has 4 rings (SSSR count). The van der Waals surface area contributed by atoms with Crippen molar-refractivity contribution in [1.29, 1.82) is 0 Å². The van der Waals surface area contributed by atoms with Crippen LogP contribution in [0.2, 0.25) is 0 Å². The van der Waals surface area contributed by atoms with Gasteiger partial charge in [-0.2, -0.15) is 0 Å². The molecule has 0 spiro atoms. The maximum absolute atomic E-state index is 15.4. The number of nitrogens with zero attached hydrogens (tertiary/aromatic N) is 2. The molecule has 39 heavy (non-hydrogen) atoms. The number of hydrogen-bond acceptors (Lipinski definition) is 6. The Kier molecular flexibility index (Phi) is 8.67. The van der Waals surface area contributed by atoms with Crippen molar-refractivity contribution in [3.63, 3.8) is 0 Å². The number of ketones is 1. The van der Waals surface area contributed by atoms with Crippen LogP contribution in [0.4, 0.5) is 14.5 Å². The van der Waals surface area contributed by atoms with Gasteiger partial charge in [-0.15, -0.1) is 0 Å². The second-order valence-corrected chi connectivity index (χ2v) is 9.47. The Balaban J connectivity index is 1.64. The van der Waals surface area contributed by atoms with Crippen LogP contribution in [0.5, 0.6) is 5.75 Å². The molecule has 0 aliphatic heterocycles. The van der Waals surface area contributed by atoms with Crippen molar-refractivity contribution < 1.29 is 37.0 Å². The Morgan fingerprint density at radius 3 is 2.56 bits per heavy atom. The zero-order valence-corrected chi connectivity index (χ0v) is 21.6. The van der Waals surface area contributed by atoms with E-state index < -0.39 is 45.9 Å². The van der Waals surface area contributed by atoms with Crippen molar-refractivity contribution in [3.05, 3.63) is 77.6 Å². The van der Waals surface area contributed by atoms with E-state index in [1.165, 1.54) is 6.20 Å². The highest BCUT2D eigenvalue weighted by molar-refractivity contribution is 7.80. The van der Waals surface area contributed by atoms with Gasteiger partial charge in [0.15, 0.2) is 5.82 Å². The number of carboxylic acid groups (broad SMARTS) is 1. The monoisotopic (exact) mass is 556 g/mol. The molecule has 0 aliphatic rings.